The molecule has 76 valence electrons. The van der Waals surface area contributed by atoms with Crippen LogP contribution in [0, 0.1) is 11.6 Å². The molecule has 1 aromatic carbocycles. The fraction of sp³-hybridized carbons (Fsp3) is 0.455. The van der Waals surface area contributed by atoms with Crippen molar-refractivity contribution in [2.75, 3.05) is 20.1 Å². The predicted octanol–water partition coefficient (Wildman–Crippen LogP) is 2.38. The van der Waals surface area contributed by atoms with Gasteiger partial charge < -0.3 is 4.90 Å². The lowest BCUT2D eigenvalue weighted by Crippen LogP contribution is -2.13. The second-order valence-corrected chi connectivity index (χ2v) is 3.91. The number of likely N-dealkylation sites (tertiary alicyclic amines) is 1. The van der Waals surface area contributed by atoms with E-state index in [1.807, 2.05) is 7.05 Å². The Morgan fingerprint density at radius 3 is 2.71 bits per heavy atom. The van der Waals surface area contributed by atoms with Gasteiger partial charge in [-0.1, -0.05) is 6.07 Å². The summed E-state index contributed by atoms with van der Waals surface area (Å²) in [5.41, 5.74) is 0.649. The first-order chi connectivity index (χ1) is 6.66. The topological polar surface area (TPSA) is 3.24 Å². The molecule has 1 fully saturated rings. The normalized spacial score (nSPS) is 22.9. The van der Waals surface area contributed by atoms with Crippen molar-refractivity contribution in [2.24, 2.45) is 0 Å². The average molecular weight is 197 g/mol. The third kappa shape index (κ3) is 1.77. The highest BCUT2D eigenvalue weighted by Crippen LogP contribution is 2.28. The van der Waals surface area contributed by atoms with E-state index in [2.05, 4.69) is 4.90 Å². The van der Waals surface area contributed by atoms with Crippen LogP contribution in [0.25, 0.3) is 0 Å². The van der Waals surface area contributed by atoms with Crippen LogP contribution < -0.4 is 0 Å². The molecule has 0 saturated carbocycles. The monoisotopic (exact) mass is 197 g/mol. The second kappa shape index (κ2) is 3.65. The van der Waals surface area contributed by atoms with Crippen LogP contribution in [-0.4, -0.2) is 25.0 Å². The van der Waals surface area contributed by atoms with Gasteiger partial charge in [0.15, 0.2) is 0 Å². The maximum atomic E-state index is 13.4. The molecule has 0 radical (unpaired) electrons. The van der Waals surface area contributed by atoms with E-state index >= 15 is 0 Å². The van der Waals surface area contributed by atoms with Crippen molar-refractivity contribution < 1.29 is 8.78 Å². The number of hydrogen-bond donors (Lipinski definition) is 0. The highest BCUT2D eigenvalue weighted by atomic mass is 19.1. The Bertz CT molecular complexity index is 338. The number of halogens is 2. The van der Waals surface area contributed by atoms with Crippen molar-refractivity contribution in [3.8, 4) is 0 Å². The van der Waals surface area contributed by atoms with E-state index in [1.165, 1.54) is 6.07 Å². The molecule has 0 aliphatic carbocycles. The summed E-state index contributed by atoms with van der Waals surface area (Å²) in [4.78, 5) is 2.16. The average Bonchev–Trinajstić information content (AvgIpc) is 2.51. The SMILES string of the molecule is CN1CCC(c2ccc(F)cc2F)C1. The standard InChI is InChI=1S/C11H13F2N/c1-14-5-4-8(7-14)10-3-2-9(12)6-11(10)13/h2-3,6,8H,4-5,7H2,1H3. The molecule has 0 aromatic heterocycles. The molecular formula is C11H13F2N. The molecule has 0 amide bonds. The number of rotatable bonds is 1. The Kier molecular flexibility index (Phi) is 2.50. The van der Waals surface area contributed by atoms with Crippen LogP contribution in [0.1, 0.15) is 17.9 Å². The molecule has 1 unspecified atom stereocenters. The van der Waals surface area contributed by atoms with E-state index in [0.29, 0.717) is 5.56 Å². The van der Waals surface area contributed by atoms with Gasteiger partial charge in [-0.15, -0.1) is 0 Å². The van der Waals surface area contributed by atoms with Crippen molar-refractivity contribution in [3.63, 3.8) is 0 Å². The fourth-order valence-electron chi connectivity index (χ4n) is 2.02. The Morgan fingerprint density at radius 2 is 2.14 bits per heavy atom. The van der Waals surface area contributed by atoms with Crippen molar-refractivity contribution >= 4 is 0 Å². The maximum Gasteiger partial charge on any atom is 0.129 e. The summed E-state index contributed by atoms with van der Waals surface area (Å²) in [7, 11) is 2.02. The molecule has 1 heterocycles. The minimum Gasteiger partial charge on any atom is -0.306 e. The van der Waals surface area contributed by atoms with Crippen LogP contribution in [0.5, 0.6) is 0 Å². The molecule has 0 spiro atoms. The van der Waals surface area contributed by atoms with Gasteiger partial charge in [0.1, 0.15) is 11.6 Å². The highest BCUT2D eigenvalue weighted by molar-refractivity contribution is 5.23. The molecule has 1 aromatic rings. The van der Waals surface area contributed by atoms with Crippen LogP contribution in [0.3, 0.4) is 0 Å². The minimum atomic E-state index is -0.502. The van der Waals surface area contributed by atoms with Gasteiger partial charge in [0, 0.05) is 18.5 Å². The van der Waals surface area contributed by atoms with Gasteiger partial charge in [-0.25, -0.2) is 8.78 Å². The molecule has 1 nitrogen and oxygen atoms in total. The fourth-order valence-corrected chi connectivity index (χ4v) is 2.02. The first kappa shape index (κ1) is 9.59. The van der Waals surface area contributed by atoms with Crippen molar-refractivity contribution in [1.29, 1.82) is 0 Å². The summed E-state index contributed by atoms with van der Waals surface area (Å²) in [5, 5.41) is 0. The van der Waals surface area contributed by atoms with E-state index in [-0.39, 0.29) is 5.92 Å². The Labute approximate surface area is 82.3 Å². The maximum absolute atomic E-state index is 13.4. The first-order valence-electron chi connectivity index (χ1n) is 4.80. The van der Waals surface area contributed by atoms with Gasteiger partial charge in [0.25, 0.3) is 0 Å². The summed E-state index contributed by atoms with van der Waals surface area (Å²) in [6.45, 7) is 1.85. The summed E-state index contributed by atoms with van der Waals surface area (Å²) in [6, 6.07) is 3.86. The van der Waals surface area contributed by atoms with Gasteiger partial charge >= 0.3 is 0 Å². The lowest BCUT2D eigenvalue weighted by atomic mass is 9.98. The van der Waals surface area contributed by atoms with Crippen LogP contribution >= 0.6 is 0 Å². The second-order valence-electron chi connectivity index (χ2n) is 3.91. The van der Waals surface area contributed by atoms with Gasteiger partial charge in [-0.05, 0) is 31.6 Å². The zero-order chi connectivity index (χ0) is 10.1. The number of likely N-dealkylation sites (N-methyl/N-ethyl adjacent to an activating group) is 1. The van der Waals surface area contributed by atoms with E-state index in [4.69, 9.17) is 0 Å². The smallest absolute Gasteiger partial charge is 0.129 e. The molecule has 1 aliphatic heterocycles. The molecule has 2 rings (SSSR count). The van der Waals surface area contributed by atoms with Crippen LogP contribution in [-0.2, 0) is 0 Å². The van der Waals surface area contributed by atoms with E-state index in [9.17, 15) is 8.78 Å². The number of hydrogen-bond acceptors (Lipinski definition) is 1. The van der Waals surface area contributed by atoms with Crippen molar-refractivity contribution in [3.05, 3.63) is 35.4 Å². The van der Waals surface area contributed by atoms with Gasteiger partial charge in [0.05, 0.1) is 0 Å². The Balaban J connectivity index is 2.24. The lowest BCUT2D eigenvalue weighted by molar-refractivity contribution is 0.409. The summed E-state index contributed by atoms with van der Waals surface area (Å²) in [6.07, 6.45) is 0.957. The first-order valence-corrected chi connectivity index (χ1v) is 4.80. The molecule has 1 saturated heterocycles. The molecule has 3 heteroatoms. The number of nitrogens with zero attached hydrogens (tertiary/aromatic N) is 1. The van der Waals surface area contributed by atoms with Gasteiger partial charge in [-0.3, -0.25) is 0 Å². The summed E-state index contributed by atoms with van der Waals surface area (Å²) in [5.74, 6) is -0.691. The summed E-state index contributed by atoms with van der Waals surface area (Å²) >= 11 is 0. The van der Waals surface area contributed by atoms with Crippen molar-refractivity contribution in [2.45, 2.75) is 12.3 Å². The Hall–Kier alpha value is -0.960. The van der Waals surface area contributed by atoms with Crippen molar-refractivity contribution in [1.82, 2.24) is 4.90 Å². The van der Waals surface area contributed by atoms with E-state index < -0.39 is 11.6 Å². The third-order valence-electron chi connectivity index (χ3n) is 2.79. The van der Waals surface area contributed by atoms with Gasteiger partial charge in [0.2, 0.25) is 0 Å². The lowest BCUT2D eigenvalue weighted by Gasteiger charge is -2.11. The molecule has 0 N–H and O–H groups in total. The molecule has 1 atom stereocenters. The van der Waals surface area contributed by atoms with E-state index in [0.717, 1.165) is 25.6 Å². The largest absolute Gasteiger partial charge is 0.306 e. The number of benzene rings is 1. The van der Waals surface area contributed by atoms with Gasteiger partial charge in [-0.2, -0.15) is 0 Å². The van der Waals surface area contributed by atoms with Crippen LogP contribution in [0.15, 0.2) is 18.2 Å². The Morgan fingerprint density at radius 1 is 1.36 bits per heavy atom. The zero-order valence-electron chi connectivity index (χ0n) is 8.13. The molecule has 14 heavy (non-hydrogen) atoms. The highest BCUT2D eigenvalue weighted by Gasteiger charge is 2.23. The third-order valence-corrected chi connectivity index (χ3v) is 2.79. The zero-order valence-corrected chi connectivity index (χ0v) is 8.13. The molecule has 1 aliphatic rings. The van der Waals surface area contributed by atoms with E-state index in [1.54, 1.807) is 6.07 Å². The predicted molar refractivity (Wildman–Crippen MR) is 51.2 cm³/mol. The quantitative estimate of drug-likeness (QED) is 0.668. The van der Waals surface area contributed by atoms with Crippen LogP contribution in [0.4, 0.5) is 8.78 Å². The molecular weight excluding hydrogens is 184 g/mol. The minimum absolute atomic E-state index is 0.223. The molecule has 0 bridgehead atoms. The van der Waals surface area contributed by atoms with Crippen LogP contribution in [0.2, 0.25) is 0 Å². The summed E-state index contributed by atoms with van der Waals surface area (Å²) < 4.78 is 26.0.